The van der Waals surface area contributed by atoms with Crippen molar-refractivity contribution in [1.29, 1.82) is 0 Å². The minimum absolute atomic E-state index is 0.0371. The number of ether oxygens (including phenoxy) is 2. The van der Waals surface area contributed by atoms with E-state index in [4.69, 9.17) is 13.9 Å². The summed E-state index contributed by atoms with van der Waals surface area (Å²) < 4.78 is 27.8. The molecule has 1 heterocycles. The number of esters is 1. The lowest BCUT2D eigenvalue weighted by Crippen LogP contribution is -2.31. The normalized spacial score (nSPS) is 10.1. The molecule has 24 heavy (non-hydrogen) atoms. The molecule has 0 spiro atoms. The van der Waals surface area contributed by atoms with E-state index in [-0.39, 0.29) is 17.1 Å². The molecule has 1 aromatic carbocycles. The van der Waals surface area contributed by atoms with Crippen molar-refractivity contribution in [2.75, 3.05) is 20.3 Å². The second-order valence-electron chi connectivity index (χ2n) is 4.59. The van der Waals surface area contributed by atoms with Crippen LogP contribution < -0.4 is 10.1 Å². The SMILES string of the molecule is COc1ccc(F)cc1C(=O)COC(=O)CNC(=O)c1ccco1. The third-order valence-electron chi connectivity index (χ3n) is 2.96. The van der Waals surface area contributed by atoms with Crippen LogP contribution in [-0.2, 0) is 9.53 Å². The highest BCUT2D eigenvalue weighted by molar-refractivity contribution is 6.00. The van der Waals surface area contributed by atoms with Gasteiger partial charge >= 0.3 is 5.97 Å². The predicted molar refractivity (Wildman–Crippen MR) is 79.3 cm³/mol. The molecule has 2 aromatic rings. The van der Waals surface area contributed by atoms with E-state index in [0.717, 1.165) is 12.1 Å². The van der Waals surface area contributed by atoms with E-state index >= 15 is 0 Å². The lowest BCUT2D eigenvalue weighted by Gasteiger charge is -2.08. The first kappa shape index (κ1) is 17.2. The summed E-state index contributed by atoms with van der Waals surface area (Å²) in [5.41, 5.74) is -0.0371. The van der Waals surface area contributed by atoms with E-state index in [2.05, 4.69) is 5.32 Å². The molecule has 0 saturated carbocycles. The number of benzene rings is 1. The molecule has 0 bridgehead atoms. The molecule has 2 rings (SSSR count). The molecule has 0 aliphatic carbocycles. The van der Waals surface area contributed by atoms with Crippen molar-refractivity contribution in [3.63, 3.8) is 0 Å². The summed E-state index contributed by atoms with van der Waals surface area (Å²) >= 11 is 0. The number of carbonyl (C=O) groups excluding carboxylic acids is 3. The van der Waals surface area contributed by atoms with Crippen molar-refractivity contribution in [1.82, 2.24) is 5.32 Å². The Kier molecular flexibility index (Phi) is 5.67. The van der Waals surface area contributed by atoms with Gasteiger partial charge in [0.15, 0.2) is 12.4 Å². The van der Waals surface area contributed by atoms with E-state index < -0.39 is 36.6 Å². The molecular weight excluding hydrogens is 321 g/mol. The van der Waals surface area contributed by atoms with Crippen LogP contribution in [0.5, 0.6) is 5.75 Å². The Bertz CT molecular complexity index is 741. The van der Waals surface area contributed by atoms with Crippen molar-refractivity contribution >= 4 is 17.7 Å². The Morgan fingerprint density at radius 1 is 1.25 bits per heavy atom. The number of amides is 1. The van der Waals surface area contributed by atoms with Crippen molar-refractivity contribution in [2.45, 2.75) is 0 Å². The Labute approximate surface area is 136 Å². The first-order valence-electron chi connectivity index (χ1n) is 6.85. The van der Waals surface area contributed by atoms with Gasteiger partial charge in [0, 0.05) is 0 Å². The van der Waals surface area contributed by atoms with Gasteiger partial charge < -0.3 is 19.2 Å². The van der Waals surface area contributed by atoms with Gasteiger partial charge in [0.1, 0.15) is 18.1 Å². The fraction of sp³-hybridized carbons (Fsp3) is 0.188. The summed E-state index contributed by atoms with van der Waals surface area (Å²) in [4.78, 5) is 35.1. The number of halogens is 1. The van der Waals surface area contributed by atoms with Gasteiger partial charge in [0.05, 0.1) is 18.9 Å². The number of rotatable bonds is 7. The number of ketones is 1. The van der Waals surface area contributed by atoms with Crippen LogP contribution in [-0.4, -0.2) is 37.9 Å². The molecule has 1 aromatic heterocycles. The van der Waals surface area contributed by atoms with Crippen LogP contribution in [0, 0.1) is 5.82 Å². The second-order valence-corrected chi connectivity index (χ2v) is 4.59. The van der Waals surface area contributed by atoms with Gasteiger partial charge in [-0.3, -0.25) is 14.4 Å². The summed E-state index contributed by atoms with van der Waals surface area (Å²) in [5, 5.41) is 2.28. The molecule has 1 amide bonds. The zero-order valence-electron chi connectivity index (χ0n) is 12.7. The summed E-state index contributed by atoms with van der Waals surface area (Å²) in [7, 11) is 1.33. The quantitative estimate of drug-likeness (QED) is 0.610. The molecule has 0 saturated heterocycles. The Morgan fingerprint density at radius 2 is 2.04 bits per heavy atom. The fourth-order valence-electron chi connectivity index (χ4n) is 1.82. The van der Waals surface area contributed by atoms with Crippen LogP contribution in [0.4, 0.5) is 4.39 Å². The molecule has 0 unspecified atom stereocenters. The van der Waals surface area contributed by atoms with Gasteiger partial charge in [-0.1, -0.05) is 0 Å². The third-order valence-corrected chi connectivity index (χ3v) is 2.96. The van der Waals surface area contributed by atoms with Gasteiger partial charge in [-0.2, -0.15) is 0 Å². The third kappa shape index (κ3) is 4.42. The maximum atomic E-state index is 13.2. The highest BCUT2D eigenvalue weighted by Crippen LogP contribution is 2.19. The van der Waals surface area contributed by atoms with Gasteiger partial charge in [-0.05, 0) is 30.3 Å². The fourth-order valence-corrected chi connectivity index (χ4v) is 1.82. The molecule has 0 aliphatic rings. The van der Waals surface area contributed by atoms with E-state index in [1.807, 2.05) is 0 Å². The number of furan rings is 1. The molecule has 0 aliphatic heterocycles. The average molecular weight is 335 g/mol. The molecule has 8 heteroatoms. The van der Waals surface area contributed by atoms with Crippen LogP contribution in [0.2, 0.25) is 0 Å². The van der Waals surface area contributed by atoms with Crippen LogP contribution in [0.1, 0.15) is 20.9 Å². The van der Waals surface area contributed by atoms with Crippen molar-refractivity contribution in [3.05, 3.63) is 53.7 Å². The maximum Gasteiger partial charge on any atom is 0.325 e. The zero-order chi connectivity index (χ0) is 17.5. The lowest BCUT2D eigenvalue weighted by molar-refractivity contribution is -0.141. The molecule has 1 N–H and O–H groups in total. The number of Topliss-reactive ketones (excluding diaryl/α,β-unsaturated/α-hetero) is 1. The summed E-state index contributed by atoms with van der Waals surface area (Å²) in [6, 6.07) is 6.39. The smallest absolute Gasteiger partial charge is 0.325 e. The predicted octanol–water partition coefficient (Wildman–Crippen LogP) is 1.58. The minimum atomic E-state index is -0.821. The summed E-state index contributed by atoms with van der Waals surface area (Å²) in [6.07, 6.45) is 1.32. The number of hydrogen-bond acceptors (Lipinski definition) is 6. The van der Waals surface area contributed by atoms with E-state index in [1.54, 1.807) is 0 Å². The molecule has 0 fully saturated rings. The van der Waals surface area contributed by atoms with E-state index in [9.17, 15) is 18.8 Å². The standard InChI is InChI=1S/C16H14FNO6/c1-22-13-5-4-10(17)7-11(13)12(19)9-24-15(20)8-18-16(21)14-3-2-6-23-14/h2-7H,8-9H2,1H3,(H,18,21). The summed E-state index contributed by atoms with van der Waals surface area (Å²) in [6.45, 7) is -1.04. The lowest BCUT2D eigenvalue weighted by atomic mass is 10.1. The van der Waals surface area contributed by atoms with Gasteiger partial charge in [0.25, 0.3) is 5.91 Å². The van der Waals surface area contributed by atoms with Crippen LogP contribution in [0.25, 0.3) is 0 Å². The molecule has 0 atom stereocenters. The van der Waals surface area contributed by atoms with Gasteiger partial charge in [-0.15, -0.1) is 0 Å². The number of carbonyl (C=O) groups is 3. The first-order valence-corrected chi connectivity index (χ1v) is 6.85. The maximum absolute atomic E-state index is 13.2. The molecule has 7 nitrogen and oxygen atoms in total. The first-order chi connectivity index (χ1) is 11.5. The highest BCUT2D eigenvalue weighted by atomic mass is 19.1. The second kappa shape index (κ2) is 7.91. The number of nitrogens with one attached hydrogen (secondary N) is 1. The van der Waals surface area contributed by atoms with E-state index in [0.29, 0.717) is 0 Å². The topological polar surface area (TPSA) is 94.8 Å². The van der Waals surface area contributed by atoms with Crippen molar-refractivity contribution in [3.8, 4) is 5.75 Å². The van der Waals surface area contributed by atoms with Crippen LogP contribution >= 0.6 is 0 Å². The van der Waals surface area contributed by atoms with E-state index in [1.165, 1.54) is 31.6 Å². The number of methoxy groups -OCH3 is 1. The molecule has 0 radical (unpaired) electrons. The highest BCUT2D eigenvalue weighted by Gasteiger charge is 2.16. The van der Waals surface area contributed by atoms with Crippen LogP contribution in [0.15, 0.2) is 41.0 Å². The zero-order valence-corrected chi connectivity index (χ0v) is 12.7. The monoisotopic (exact) mass is 335 g/mol. The minimum Gasteiger partial charge on any atom is -0.496 e. The largest absolute Gasteiger partial charge is 0.496 e. The Balaban J connectivity index is 1.84. The summed E-state index contributed by atoms with van der Waals surface area (Å²) in [5.74, 6) is -2.44. The van der Waals surface area contributed by atoms with Gasteiger partial charge in [0.2, 0.25) is 5.78 Å². The van der Waals surface area contributed by atoms with Gasteiger partial charge in [-0.25, -0.2) is 4.39 Å². The Hall–Kier alpha value is -3.16. The van der Waals surface area contributed by atoms with Crippen molar-refractivity contribution in [2.24, 2.45) is 0 Å². The average Bonchev–Trinajstić information content (AvgIpc) is 3.12. The number of hydrogen-bond donors (Lipinski definition) is 1. The van der Waals surface area contributed by atoms with Crippen LogP contribution in [0.3, 0.4) is 0 Å². The molecule has 126 valence electrons. The Morgan fingerprint density at radius 3 is 2.71 bits per heavy atom. The van der Waals surface area contributed by atoms with Crippen molar-refractivity contribution < 1.29 is 32.7 Å². The molecular formula is C16H14FNO6.